The van der Waals surface area contributed by atoms with Crippen LogP contribution in [0, 0.1) is 0 Å². The largest absolute Gasteiger partial charge is 0.476 e. The van der Waals surface area contributed by atoms with Gasteiger partial charge in [0.1, 0.15) is 0 Å². The van der Waals surface area contributed by atoms with Crippen molar-refractivity contribution in [1.29, 1.82) is 0 Å². The summed E-state index contributed by atoms with van der Waals surface area (Å²) in [5.74, 6) is 0.280. The minimum Gasteiger partial charge on any atom is -0.476 e. The number of furan rings is 1. The Hall–Kier alpha value is -2.04. The lowest BCUT2D eigenvalue weighted by atomic mass is 10.0. The van der Waals surface area contributed by atoms with Gasteiger partial charge in [-0.25, -0.2) is 9.78 Å². The Bertz CT molecular complexity index is 584. The van der Waals surface area contributed by atoms with Crippen molar-refractivity contribution in [1.82, 2.24) is 9.55 Å². The second kappa shape index (κ2) is 4.01. The lowest BCUT2D eigenvalue weighted by molar-refractivity contribution is 0.0689. The molecule has 5 heteroatoms. The van der Waals surface area contributed by atoms with Crippen molar-refractivity contribution in [2.24, 2.45) is 0 Å². The minimum absolute atomic E-state index is 0.160. The van der Waals surface area contributed by atoms with E-state index >= 15 is 0 Å². The Morgan fingerprint density at radius 3 is 3.11 bits per heavy atom. The summed E-state index contributed by atoms with van der Waals surface area (Å²) in [6.45, 7) is 2.09. The quantitative estimate of drug-likeness (QED) is 0.884. The van der Waals surface area contributed by atoms with Crippen molar-refractivity contribution in [2.75, 3.05) is 0 Å². The third-order valence-electron chi connectivity index (χ3n) is 3.43. The van der Waals surface area contributed by atoms with E-state index in [1.165, 1.54) is 0 Å². The van der Waals surface area contributed by atoms with Gasteiger partial charge in [-0.15, -0.1) is 0 Å². The number of carboxylic acid groups (broad SMARTS) is 1. The summed E-state index contributed by atoms with van der Waals surface area (Å²) in [7, 11) is 0. The van der Waals surface area contributed by atoms with Gasteiger partial charge in [-0.2, -0.15) is 0 Å². The first-order chi connectivity index (χ1) is 8.68. The van der Waals surface area contributed by atoms with Crippen molar-refractivity contribution in [3.05, 3.63) is 29.8 Å². The predicted octanol–water partition coefficient (Wildman–Crippen LogP) is 2.74. The summed E-state index contributed by atoms with van der Waals surface area (Å²) in [5.41, 5.74) is 0.973. The van der Waals surface area contributed by atoms with Gasteiger partial charge in [0.15, 0.2) is 17.3 Å². The number of aromatic carboxylic acids is 1. The molecule has 1 N–H and O–H groups in total. The number of imidazole rings is 1. The Morgan fingerprint density at radius 1 is 1.61 bits per heavy atom. The molecule has 18 heavy (non-hydrogen) atoms. The Kier molecular flexibility index (Phi) is 2.47. The van der Waals surface area contributed by atoms with E-state index in [1.54, 1.807) is 12.3 Å². The molecule has 0 amide bonds. The summed E-state index contributed by atoms with van der Waals surface area (Å²) in [5, 5.41) is 9.23. The smallest absolute Gasteiger partial charge is 0.356 e. The number of nitrogens with zero attached hydrogens (tertiary/aromatic N) is 2. The molecule has 1 aliphatic heterocycles. The molecule has 0 radical (unpaired) electrons. The molecule has 2 aromatic heterocycles. The lowest BCUT2D eigenvalue weighted by Gasteiger charge is -2.23. The van der Waals surface area contributed by atoms with Crippen molar-refractivity contribution >= 4 is 5.97 Å². The second-order valence-electron chi connectivity index (χ2n) is 4.62. The highest BCUT2D eigenvalue weighted by atomic mass is 16.4. The van der Waals surface area contributed by atoms with Gasteiger partial charge in [0.05, 0.1) is 12.0 Å². The van der Waals surface area contributed by atoms with E-state index in [0.29, 0.717) is 11.6 Å². The SMILES string of the molecule is CC1CCCc2c(C(=O)O)nc(-c3ccco3)n21. The van der Waals surface area contributed by atoms with Gasteiger partial charge in [-0.05, 0) is 38.3 Å². The zero-order valence-electron chi connectivity index (χ0n) is 10.1. The maximum Gasteiger partial charge on any atom is 0.356 e. The van der Waals surface area contributed by atoms with Crippen molar-refractivity contribution in [3.63, 3.8) is 0 Å². The van der Waals surface area contributed by atoms with E-state index < -0.39 is 5.97 Å². The van der Waals surface area contributed by atoms with Gasteiger partial charge in [0, 0.05) is 6.04 Å². The molecule has 0 saturated carbocycles. The molecule has 0 saturated heterocycles. The summed E-state index contributed by atoms with van der Waals surface area (Å²) in [4.78, 5) is 15.5. The fraction of sp³-hybridized carbons (Fsp3) is 0.385. The lowest BCUT2D eigenvalue weighted by Crippen LogP contribution is -2.17. The third-order valence-corrected chi connectivity index (χ3v) is 3.43. The number of carboxylic acids is 1. The predicted molar refractivity (Wildman–Crippen MR) is 64.5 cm³/mol. The van der Waals surface area contributed by atoms with Crippen LogP contribution in [0.2, 0.25) is 0 Å². The maximum atomic E-state index is 11.3. The standard InChI is InChI=1S/C13H14N2O3/c1-8-4-2-5-9-11(13(16)17)14-12(15(8)9)10-6-3-7-18-10/h3,6-8H,2,4-5H2,1H3,(H,16,17). The van der Waals surface area contributed by atoms with E-state index in [2.05, 4.69) is 11.9 Å². The van der Waals surface area contributed by atoms with E-state index in [-0.39, 0.29) is 11.7 Å². The highest BCUT2D eigenvalue weighted by molar-refractivity contribution is 5.87. The first kappa shape index (κ1) is 11.1. The van der Waals surface area contributed by atoms with Gasteiger partial charge in [-0.3, -0.25) is 0 Å². The molecule has 1 unspecified atom stereocenters. The van der Waals surface area contributed by atoms with Crippen molar-refractivity contribution < 1.29 is 14.3 Å². The Balaban J connectivity index is 2.23. The Labute approximate surface area is 104 Å². The van der Waals surface area contributed by atoms with E-state index in [9.17, 15) is 9.90 Å². The molecule has 94 valence electrons. The average molecular weight is 246 g/mol. The highest BCUT2D eigenvalue weighted by Crippen LogP contribution is 2.33. The number of hydrogen-bond donors (Lipinski definition) is 1. The number of aromatic nitrogens is 2. The third kappa shape index (κ3) is 1.54. The van der Waals surface area contributed by atoms with Crippen LogP contribution >= 0.6 is 0 Å². The molecular weight excluding hydrogens is 232 g/mol. The molecule has 1 atom stereocenters. The van der Waals surface area contributed by atoms with Crippen LogP contribution in [0.1, 0.15) is 42.0 Å². The van der Waals surface area contributed by atoms with Crippen LogP contribution in [0.4, 0.5) is 0 Å². The Morgan fingerprint density at radius 2 is 2.44 bits per heavy atom. The van der Waals surface area contributed by atoms with Crippen molar-refractivity contribution in [2.45, 2.75) is 32.2 Å². The molecule has 0 aliphatic carbocycles. The van der Waals surface area contributed by atoms with Gasteiger partial charge >= 0.3 is 5.97 Å². The van der Waals surface area contributed by atoms with Gasteiger partial charge in [0.2, 0.25) is 0 Å². The first-order valence-electron chi connectivity index (χ1n) is 6.06. The van der Waals surface area contributed by atoms with Crippen LogP contribution in [0.3, 0.4) is 0 Å². The van der Waals surface area contributed by atoms with Crippen LogP contribution in [-0.2, 0) is 6.42 Å². The minimum atomic E-state index is -0.967. The molecule has 3 rings (SSSR count). The zero-order valence-corrected chi connectivity index (χ0v) is 10.1. The van der Waals surface area contributed by atoms with Crippen LogP contribution in [0.25, 0.3) is 11.6 Å². The summed E-state index contributed by atoms with van der Waals surface area (Å²) in [6, 6.07) is 3.85. The summed E-state index contributed by atoms with van der Waals surface area (Å²) >= 11 is 0. The number of carbonyl (C=O) groups is 1. The molecule has 0 aromatic carbocycles. The topological polar surface area (TPSA) is 68.3 Å². The molecule has 5 nitrogen and oxygen atoms in total. The van der Waals surface area contributed by atoms with Crippen LogP contribution in [-0.4, -0.2) is 20.6 Å². The van der Waals surface area contributed by atoms with E-state index in [1.807, 2.05) is 10.6 Å². The second-order valence-corrected chi connectivity index (χ2v) is 4.62. The molecule has 0 spiro atoms. The van der Waals surface area contributed by atoms with Crippen molar-refractivity contribution in [3.8, 4) is 11.6 Å². The van der Waals surface area contributed by atoms with Gasteiger partial charge in [-0.1, -0.05) is 0 Å². The van der Waals surface area contributed by atoms with Gasteiger partial charge in [0.25, 0.3) is 0 Å². The molecule has 2 aromatic rings. The molecule has 3 heterocycles. The molecule has 0 bridgehead atoms. The number of rotatable bonds is 2. The summed E-state index contributed by atoms with van der Waals surface area (Å²) in [6.07, 6.45) is 4.38. The van der Waals surface area contributed by atoms with E-state index in [4.69, 9.17) is 4.42 Å². The molecular formula is C13H14N2O3. The normalized spacial score (nSPS) is 18.6. The van der Waals surface area contributed by atoms with Gasteiger partial charge < -0.3 is 14.1 Å². The zero-order chi connectivity index (χ0) is 12.7. The monoisotopic (exact) mass is 246 g/mol. The number of hydrogen-bond acceptors (Lipinski definition) is 3. The van der Waals surface area contributed by atoms with E-state index in [0.717, 1.165) is 25.0 Å². The fourth-order valence-electron chi connectivity index (χ4n) is 2.62. The molecule has 0 fully saturated rings. The number of fused-ring (bicyclic) bond motifs is 1. The first-order valence-corrected chi connectivity index (χ1v) is 6.06. The fourth-order valence-corrected chi connectivity index (χ4v) is 2.62. The summed E-state index contributed by atoms with van der Waals surface area (Å²) < 4.78 is 7.36. The average Bonchev–Trinajstić information content (AvgIpc) is 2.95. The van der Waals surface area contributed by atoms with Crippen LogP contribution in [0.5, 0.6) is 0 Å². The van der Waals surface area contributed by atoms with Crippen LogP contribution in [0.15, 0.2) is 22.8 Å². The van der Waals surface area contributed by atoms with Crippen LogP contribution < -0.4 is 0 Å². The highest BCUT2D eigenvalue weighted by Gasteiger charge is 2.28. The molecule has 1 aliphatic rings. The maximum absolute atomic E-state index is 11.3.